The monoisotopic (exact) mass is 456 g/mol. The van der Waals surface area contributed by atoms with E-state index < -0.39 is 27.7 Å². The molecule has 0 radical (unpaired) electrons. The Morgan fingerprint density at radius 3 is 2.26 bits per heavy atom. The van der Waals surface area contributed by atoms with Gasteiger partial charge in [0.25, 0.3) is 5.91 Å². The van der Waals surface area contributed by atoms with Crippen LogP contribution in [0.15, 0.2) is 29.2 Å². The van der Waals surface area contributed by atoms with Crippen LogP contribution in [-0.2, 0) is 24.3 Å². The summed E-state index contributed by atoms with van der Waals surface area (Å²) in [4.78, 5) is 26.8. The number of ether oxygens (including phenoxy) is 1. The van der Waals surface area contributed by atoms with E-state index in [-0.39, 0.29) is 30.5 Å². The van der Waals surface area contributed by atoms with Gasteiger partial charge in [0.15, 0.2) is 6.61 Å². The predicted octanol–water partition coefficient (Wildman–Crippen LogP) is 2.91. The zero-order valence-corrected chi connectivity index (χ0v) is 19.5. The normalized spacial score (nSPS) is 17.7. The minimum absolute atomic E-state index is 0.0175. The number of nitrogens with zero attached hydrogens (tertiary/aromatic N) is 2. The van der Waals surface area contributed by atoms with Gasteiger partial charge in [-0.3, -0.25) is 9.59 Å². The molecule has 1 atom stereocenters. The molecule has 1 aliphatic heterocycles. The lowest BCUT2D eigenvalue weighted by atomic mass is 10.00. The van der Waals surface area contributed by atoms with Crippen molar-refractivity contribution in [2.24, 2.45) is 17.8 Å². The number of benzene rings is 1. The first kappa shape index (κ1) is 25.3. The molecule has 7 nitrogen and oxygen atoms in total. The number of hydrogen-bond acceptors (Lipinski definition) is 5. The van der Waals surface area contributed by atoms with Crippen LogP contribution in [0.2, 0.25) is 0 Å². The summed E-state index contributed by atoms with van der Waals surface area (Å²) in [5.41, 5.74) is 0. The Morgan fingerprint density at radius 2 is 1.71 bits per heavy atom. The van der Waals surface area contributed by atoms with Crippen molar-refractivity contribution in [3.63, 3.8) is 0 Å². The van der Waals surface area contributed by atoms with Crippen molar-refractivity contribution in [3.8, 4) is 0 Å². The first-order valence-electron chi connectivity index (χ1n) is 10.7. The molecule has 0 aromatic heterocycles. The molecule has 0 saturated carbocycles. The highest BCUT2D eigenvalue weighted by atomic mass is 32.2. The maximum atomic E-state index is 13.1. The highest BCUT2D eigenvalue weighted by molar-refractivity contribution is 7.89. The summed E-state index contributed by atoms with van der Waals surface area (Å²) in [6.07, 6.45) is 0.991. The second kappa shape index (κ2) is 11.0. The van der Waals surface area contributed by atoms with E-state index in [2.05, 4.69) is 0 Å². The first-order valence-corrected chi connectivity index (χ1v) is 12.1. The van der Waals surface area contributed by atoms with Crippen LogP contribution in [-0.4, -0.2) is 62.3 Å². The van der Waals surface area contributed by atoms with Crippen LogP contribution in [0.25, 0.3) is 0 Å². The molecule has 0 bridgehead atoms. The molecule has 9 heteroatoms. The van der Waals surface area contributed by atoms with Gasteiger partial charge in [-0.05, 0) is 48.9 Å². The largest absolute Gasteiger partial charge is 0.455 e. The van der Waals surface area contributed by atoms with Crippen molar-refractivity contribution in [2.75, 3.05) is 32.8 Å². The molecule has 1 amide bonds. The van der Waals surface area contributed by atoms with Crippen molar-refractivity contribution in [1.29, 1.82) is 0 Å². The van der Waals surface area contributed by atoms with Crippen LogP contribution >= 0.6 is 0 Å². The molecule has 0 aliphatic carbocycles. The fourth-order valence-electron chi connectivity index (χ4n) is 3.61. The lowest BCUT2D eigenvalue weighted by Gasteiger charge is -2.31. The number of carbonyl (C=O) groups excluding carboxylic acids is 2. The summed E-state index contributed by atoms with van der Waals surface area (Å²) in [7, 11) is -3.83. The van der Waals surface area contributed by atoms with E-state index >= 15 is 0 Å². The number of amides is 1. The van der Waals surface area contributed by atoms with E-state index in [1.165, 1.54) is 16.4 Å². The van der Waals surface area contributed by atoms with Crippen LogP contribution in [0.3, 0.4) is 0 Å². The fraction of sp³-hybridized carbons (Fsp3) is 0.636. The Hall–Kier alpha value is -2.00. The minimum atomic E-state index is -3.83. The third-order valence-electron chi connectivity index (χ3n) is 5.03. The number of sulfonamides is 1. The summed E-state index contributed by atoms with van der Waals surface area (Å²) in [6, 6.07) is 4.61. The van der Waals surface area contributed by atoms with Gasteiger partial charge in [-0.2, -0.15) is 4.31 Å². The lowest BCUT2D eigenvalue weighted by molar-refractivity contribution is -0.156. The number of carbonyl (C=O) groups is 2. The van der Waals surface area contributed by atoms with Crippen LogP contribution in [0.5, 0.6) is 0 Å². The molecule has 0 spiro atoms. The summed E-state index contributed by atoms with van der Waals surface area (Å²) in [5, 5.41) is 0. The predicted molar refractivity (Wildman–Crippen MR) is 115 cm³/mol. The van der Waals surface area contributed by atoms with Gasteiger partial charge in [-0.25, -0.2) is 12.8 Å². The maximum Gasteiger partial charge on any atom is 0.310 e. The summed E-state index contributed by atoms with van der Waals surface area (Å²) in [5.74, 6) is -1.39. The molecule has 1 fully saturated rings. The van der Waals surface area contributed by atoms with Gasteiger partial charge in [-0.1, -0.05) is 27.7 Å². The third kappa shape index (κ3) is 7.28. The second-order valence-electron chi connectivity index (χ2n) is 8.85. The topological polar surface area (TPSA) is 84.0 Å². The van der Waals surface area contributed by atoms with Gasteiger partial charge in [0, 0.05) is 26.2 Å². The number of rotatable bonds is 9. The fourth-order valence-corrected chi connectivity index (χ4v) is 5.13. The lowest BCUT2D eigenvalue weighted by Crippen LogP contribution is -2.44. The molecule has 0 N–H and O–H groups in total. The molecule has 1 heterocycles. The molecular formula is C22H33FN2O5S. The van der Waals surface area contributed by atoms with E-state index in [1.54, 1.807) is 4.90 Å². The Morgan fingerprint density at radius 1 is 1.13 bits per heavy atom. The van der Waals surface area contributed by atoms with Crippen LogP contribution in [0.1, 0.15) is 40.5 Å². The zero-order chi connectivity index (χ0) is 23.2. The molecule has 2 rings (SSSR count). The van der Waals surface area contributed by atoms with Gasteiger partial charge in [0.05, 0.1) is 10.8 Å². The molecular weight excluding hydrogens is 423 g/mol. The van der Waals surface area contributed by atoms with Gasteiger partial charge in [-0.15, -0.1) is 0 Å². The van der Waals surface area contributed by atoms with Gasteiger partial charge >= 0.3 is 5.97 Å². The Kier molecular flexibility index (Phi) is 9.00. The molecule has 174 valence electrons. The number of hydrogen-bond donors (Lipinski definition) is 0. The third-order valence-corrected chi connectivity index (χ3v) is 6.91. The number of halogens is 1. The molecule has 1 aromatic rings. The zero-order valence-electron chi connectivity index (χ0n) is 18.7. The first-order chi connectivity index (χ1) is 14.5. The number of piperidine rings is 1. The van der Waals surface area contributed by atoms with E-state index in [9.17, 15) is 22.4 Å². The van der Waals surface area contributed by atoms with Crippen LogP contribution in [0, 0.1) is 23.6 Å². The summed E-state index contributed by atoms with van der Waals surface area (Å²) in [6.45, 7) is 9.15. The highest BCUT2D eigenvalue weighted by Gasteiger charge is 2.34. The SMILES string of the molecule is CC(C)CN(CC(C)C)C(=O)COC(=O)C1CCCN(S(=O)(=O)c2ccc(F)cc2)C1. The van der Waals surface area contributed by atoms with Gasteiger partial charge in [0.2, 0.25) is 10.0 Å². The van der Waals surface area contributed by atoms with E-state index in [0.29, 0.717) is 37.8 Å². The van der Waals surface area contributed by atoms with Crippen LogP contribution in [0.4, 0.5) is 4.39 Å². The standard InChI is InChI=1S/C22H33FN2O5S/c1-16(2)12-24(13-17(3)4)21(26)15-30-22(27)18-6-5-11-25(14-18)31(28,29)20-9-7-19(23)8-10-20/h7-10,16-18H,5-6,11-15H2,1-4H3. The van der Waals surface area contributed by atoms with E-state index in [1.807, 2.05) is 27.7 Å². The summed E-state index contributed by atoms with van der Waals surface area (Å²) >= 11 is 0. The van der Waals surface area contributed by atoms with Gasteiger partial charge in [0.1, 0.15) is 5.82 Å². The van der Waals surface area contributed by atoms with Gasteiger partial charge < -0.3 is 9.64 Å². The van der Waals surface area contributed by atoms with Crippen molar-refractivity contribution in [1.82, 2.24) is 9.21 Å². The molecule has 1 aromatic carbocycles. The Bertz CT molecular complexity index is 845. The number of esters is 1. The molecule has 1 aliphatic rings. The maximum absolute atomic E-state index is 13.1. The average molecular weight is 457 g/mol. The average Bonchev–Trinajstić information content (AvgIpc) is 2.71. The summed E-state index contributed by atoms with van der Waals surface area (Å²) < 4.78 is 45.3. The quantitative estimate of drug-likeness (QED) is 0.534. The van der Waals surface area contributed by atoms with Crippen molar-refractivity contribution in [3.05, 3.63) is 30.1 Å². The highest BCUT2D eigenvalue weighted by Crippen LogP contribution is 2.24. The second-order valence-corrected chi connectivity index (χ2v) is 10.8. The van der Waals surface area contributed by atoms with E-state index in [0.717, 1.165) is 12.1 Å². The van der Waals surface area contributed by atoms with Crippen molar-refractivity contribution in [2.45, 2.75) is 45.4 Å². The van der Waals surface area contributed by atoms with Crippen molar-refractivity contribution < 1.29 is 27.1 Å². The Balaban J connectivity index is 1.97. The molecule has 1 saturated heterocycles. The van der Waals surface area contributed by atoms with Crippen LogP contribution < -0.4 is 0 Å². The Labute approximate surface area is 184 Å². The minimum Gasteiger partial charge on any atom is -0.455 e. The molecule has 1 unspecified atom stereocenters. The molecule has 31 heavy (non-hydrogen) atoms. The smallest absolute Gasteiger partial charge is 0.310 e. The van der Waals surface area contributed by atoms with Crippen molar-refractivity contribution >= 4 is 21.9 Å². The van der Waals surface area contributed by atoms with E-state index in [4.69, 9.17) is 4.74 Å².